The minimum atomic E-state index is -0.696. The van der Waals surface area contributed by atoms with Crippen LogP contribution in [-0.4, -0.2) is 22.6 Å². The number of ether oxygens (including phenoxy) is 1. The Labute approximate surface area is 125 Å². The van der Waals surface area contributed by atoms with Crippen LogP contribution in [0, 0.1) is 17.0 Å². The first-order valence-electron chi connectivity index (χ1n) is 6.46. The normalized spacial score (nSPS) is 10.3. The van der Waals surface area contributed by atoms with Gasteiger partial charge in [0.2, 0.25) is 0 Å². The Hall–Kier alpha value is -2.96. The van der Waals surface area contributed by atoms with Gasteiger partial charge in [0, 0.05) is 11.8 Å². The molecule has 0 fully saturated rings. The molecule has 0 saturated carbocycles. The molecule has 0 aliphatic heterocycles. The second-order valence-corrected chi connectivity index (χ2v) is 4.70. The minimum absolute atomic E-state index is 0.188. The van der Waals surface area contributed by atoms with Crippen LogP contribution in [0.2, 0.25) is 0 Å². The molecule has 7 nitrogen and oxygen atoms in total. The summed E-state index contributed by atoms with van der Waals surface area (Å²) in [6, 6.07) is 9.25. The number of benzene rings is 1. The zero-order chi connectivity index (χ0) is 16.3. The van der Waals surface area contributed by atoms with E-state index in [0.717, 1.165) is 5.56 Å². The Balaban J connectivity index is 2.35. The number of rotatable bonds is 4. The van der Waals surface area contributed by atoms with Crippen molar-refractivity contribution >= 4 is 11.7 Å². The van der Waals surface area contributed by atoms with Gasteiger partial charge in [0.15, 0.2) is 0 Å². The standard InChI is InChI=1S/C15H14N2O5/c1-10-3-8-13(17(20)21)14(18)16(10)9-11-4-6-12(7-5-11)15(19)22-2/h3-8H,9H2,1-2H3. The van der Waals surface area contributed by atoms with Crippen LogP contribution in [0.25, 0.3) is 0 Å². The maximum Gasteiger partial charge on any atom is 0.337 e. The van der Waals surface area contributed by atoms with Gasteiger partial charge < -0.3 is 9.30 Å². The number of carbonyl (C=O) groups is 1. The predicted octanol–water partition coefficient (Wildman–Crippen LogP) is 1.90. The molecular weight excluding hydrogens is 288 g/mol. The molecule has 0 aliphatic carbocycles. The molecule has 0 spiro atoms. The number of nitrogens with zero attached hydrogens (tertiary/aromatic N) is 2. The molecule has 114 valence electrons. The van der Waals surface area contributed by atoms with Crippen molar-refractivity contribution in [3.8, 4) is 0 Å². The molecule has 22 heavy (non-hydrogen) atoms. The molecule has 0 amide bonds. The SMILES string of the molecule is COC(=O)c1ccc(Cn2c(C)ccc([N+](=O)[O-])c2=O)cc1. The molecule has 0 N–H and O–H groups in total. The van der Waals surface area contributed by atoms with Gasteiger partial charge in [-0.3, -0.25) is 14.9 Å². The highest BCUT2D eigenvalue weighted by molar-refractivity contribution is 5.89. The first-order valence-corrected chi connectivity index (χ1v) is 6.46. The van der Waals surface area contributed by atoms with Gasteiger partial charge in [-0.2, -0.15) is 0 Å². The number of aromatic nitrogens is 1. The van der Waals surface area contributed by atoms with E-state index in [4.69, 9.17) is 0 Å². The van der Waals surface area contributed by atoms with E-state index in [-0.39, 0.29) is 6.54 Å². The van der Waals surface area contributed by atoms with Gasteiger partial charge in [-0.1, -0.05) is 12.1 Å². The Morgan fingerprint density at radius 3 is 2.41 bits per heavy atom. The zero-order valence-corrected chi connectivity index (χ0v) is 12.1. The molecule has 0 bridgehead atoms. The molecule has 0 aliphatic rings. The highest BCUT2D eigenvalue weighted by Gasteiger charge is 2.15. The van der Waals surface area contributed by atoms with Crippen LogP contribution >= 0.6 is 0 Å². The second kappa shape index (κ2) is 6.21. The quantitative estimate of drug-likeness (QED) is 0.488. The fourth-order valence-electron chi connectivity index (χ4n) is 2.04. The minimum Gasteiger partial charge on any atom is -0.465 e. The third-order valence-electron chi connectivity index (χ3n) is 3.28. The maximum atomic E-state index is 12.1. The largest absolute Gasteiger partial charge is 0.465 e. The first-order chi connectivity index (χ1) is 10.4. The highest BCUT2D eigenvalue weighted by Crippen LogP contribution is 2.10. The molecule has 0 radical (unpaired) electrons. The molecular formula is C15H14N2O5. The zero-order valence-electron chi connectivity index (χ0n) is 12.1. The highest BCUT2D eigenvalue weighted by atomic mass is 16.6. The van der Waals surface area contributed by atoms with Crippen LogP contribution in [0.15, 0.2) is 41.2 Å². The Kier molecular flexibility index (Phi) is 4.36. The van der Waals surface area contributed by atoms with Crippen LogP contribution in [0.5, 0.6) is 0 Å². The number of aryl methyl sites for hydroxylation is 1. The van der Waals surface area contributed by atoms with Crippen molar-refractivity contribution in [1.29, 1.82) is 0 Å². The monoisotopic (exact) mass is 302 g/mol. The smallest absolute Gasteiger partial charge is 0.337 e. The summed E-state index contributed by atoms with van der Waals surface area (Å²) in [6.45, 7) is 1.89. The summed E-state index contributed by atoms with van der Waals surface area (Å²) in [5.41, 5.74) is 0.652. The van der Waals surface area contributed by atoms with Gasteiger partial charge >= 0.3 is 17.2 Å². The van der Waals surface area contributed by atoms with Crippen molar-refractivity contribution in [3.05, 3.63) is 73.7 Å². The third kappa shape index (κ3) is 3.03. The summed E-state index contributed by atoms with van der Waals surface area (Å²) in [6.07, 6.45) is 0. The second-order valence-electron chi connectivity index (χ2n) is 4.70. The predicted molar refractivity (Wildman–Crippen MR) is 79.0 cm³/mol. The molecule has 1 heterocycles. The number of carbonyl (C=O) groups excluding carboxylic acids is 1. The number of methoxy groups -OCH3 is 1. The first kappa shape index (κ1) is 15.4. The molecule has 1 aromatic carbocycles. The third-order valence-corrected chi connectivity index (χ3v) is 3.28. The van der Waals surface area contributed by atoms with Gasteiger partial charge in [0.25, 0.3) is 0 Å². The van der Waals surface area contributed by atoms with Crippen molar-refractivity contribution in [1.82, 2.24) is 4.57 Å². The molecule has 0 atom stereocenters. The topological polar surface area (TPSA) is 91.4 Å². The number of pyridine rings is 1. The van der Waals surface area contributed by atoms with Crippen molar-refractivity contribution in [2.45, 2.75) is 13.5 Å². The van der Waals surface area contributed by atoms with Crippen LogP contribution in [0.3, 0.4) is 0 Å². The molecule has 1 aromatic heterocycles. The molecule has 2 aromatic rings. The van der Waals surface area contributed by atoms with Gasteiger partial charge in [-0.05, 0) is 30.7 Å². The Morgan fingerprint density at radius 2 is 1.86 bits per heavy atom. The van der Waals surface area contributed by atoms with E-state index in [9.17, 15) is 19.7 Å². The van der Waals surface area contributed by atoms with Crippen LogP contribution < -0.4 is 5.56 Å². The van der Waals surface area contributed by atoms with Crippen molar-refractivity contribution in [2.75, 3.05) is 7.11 Å². The van der Waals surface area contributed by atoms with Gasteiger partial charge in [0.1, 0.15) is 0 Å². The van der Waals surface area contributed by atoms with Crippen molar-refractivity contribution in [3.63, 3.8) is 0 Å². The number of nitro groups is 1. The van der Waals surface area contributed by atoms with E-state index >= 15 is 0 Å². The summed E-state index contributed by atoms with van der Waals surface area (Å²) in [5, 5.41) is 10.8. The van der Waals surface area contributed by atoms with E-state index in [1.807, 2.05) is 0 Å². The lowest BCUT2D eigenvalue weighted by atomic mass is 10.1. The van der Waals surface area contributed by atoms with Crippen LogP contribution in [0.4, 0.5) is 5.69 Å². The lowest BCUT2D eigenvalue weighted by Crippen LogP contribution is -2.24. The van der Waals surface area contributed by atoms with Crippen LogP contribution in [-0.2, 0) is 11.3 Å². The molecule has 2 rings (SSSR count). The molecule has 0 unspecified atom stereocenters. The van der Waals surface area contributed by atoms with E-state index in [0.29, 0.717) is 11.3 Å². The fraction of sp³-hybridized carbons (Fsp3) is 0.200. The summed E-state index contributed by atoms with van der Waals surface area (Å²) in [4.78, 5) is 33.6. The van der Waals surface area contributed by atoms with Crippen molar-refractivity contribution < 1.29 is 14.5 Å². The molecule has 0 saturated heterocycles. The lowest BCUT2D eigenvalue weighted by molar-refractivity contribution is -0.386. The summed E-state index contributed by atoms with van der Waals surface area (Å²) in [7, 11) is 1.29. The maximum absolute atomic E-state index is 12.1. The van der Waals surface area contributed by atoms with Gasteiger partial charge in [-0.15, -0.1) is 0 Å². The van der Waals surface area contributed by atoms with Gasteiger partial charge in [0.05, 0.1) is 24.1 Å². The van der Waals surface area contributed by atoms with Crippen molar-refractivity contribution in [2.24, 2.45) is 0 Å². The van der Waals surface area contributed by atoms with Crippen LogP contribution in [0.1, 0.15) is 21.6 Å². The Bertz CT molecular complexity index is 778. The van der Waals surface area contributed by atoms with E-state index < -0.39 is 22.1 Å². The lowest BCUT2D eigenvalue weighted by Gasteiger charge is -2.10. The van der Waals surface area contributed by atoms with E-state index in [2.05, 4.69) is 4.74 Å². The number of esters is 1. The summed E-state index contributed by atoms with van der Waals surface area (Å²) < 4.78 is 5.93. The van der Waals surface area contributed by atoms with E-state index in [1.165, 1.54) is 23.8 Å². The average molecular weight is 302 g/mol. The van der Waals surface area contributed by atoms with Gasteiger partial charge in [-0.25, -0.2) is 4.79 Å². The number of hydrogen-bond acceptors (Lipinski definition) is 5. The molecule has 7 heteroatoms. The Morgan fingerprint density at radius 1 is 1.23 bits per heavy atom. The van der Waals surface area contributed by atoms with E-state index in [1.54, 1.807) is 31.2 Å². The summed E-state index contributed by atoms with van der Waals surface area (Å²) >= 11 is 0. The summed E-state index contributed by atoms with van der Waals surface area (Å²) in [5.74, 6) is -0.449. The number of hydrogen-bond donors (Lipinski definition) is 0. The average Bonchev–Trinajstić information content (AvgIpc) is 2.50. The fourth-order valence-corrected chi connectivity index (χ4v) is 2.04.